The van der Waals surface area contributed by atoms with E-state index < -0.39 is 12.1 Å². The number of hydrogen-bond acceptors (Lipinski definition) is 4. The van der Waals surface area contributed by atoms with E-state index in [1.807, 2.05) is 0 Å². The van der Waals surface area contributed by atoms with Crippen LogP contribution in [0.3, 0.4) is 0 Å². The third kappa shape index (κ3) is 5.72. The molecule has 0 aliphatic carbocycles. The summed E-state index contributed by atoms with van der Waals surface area (Å²) in [5.74, 6) is -0.974. The lowest BCUT2D eigenvalue weighted by Crippen LogP contribution is -2.05. The maximum absolute atomic E-state index is 10.4. The van der Waals surface area contributed by atoms with Gasteiger partial charge in [-0.15, -0.1) is 0 Å². The Hall–Kier alpha value is -1.52. The monoisotopic (exact) mass is 188 g/mol. The highest BCUT2D eigenvalue weighted by Crippen LogP contribution is 1.96. The molecule has 0 aliphatic heterocycles. The first-order chi connectivity index (χ1) is 6.07. The second-order valence-electron chi connectivity index (χ2n) is 2.28. The van der Waals surface area contributed by atoms with E-state index in [1.54, 1.807) is 0 Å². The molecular formula is C8H12O5. The van der Waals surface area contributed by atoms with Crippen LogP contribution in [0.4, 0.5) is 4.79 Å². The normalized spacial score (nSPS) is 10.8. The standard InChI is InChI=1S/C8H12O5/c1-6(7(9)10)4-3-5-13-8(11)12-2/h4H,3,5H2,1-2H3,(H,9,10). The molecule has 0 radical (unpaired) electrons. The first-order valence-electron chi connectivity index (χ1n) is 3.68. The van der Waals surface area contributed by atoms with Gasteiger partial charge in [0.1, 0.15) is 0 Å². The third-order valence-electron chi connectivity index (χ3n) is 1.29. The topological polar surface area (TPSA) is 72.8 Å². The van der Waals surface area contributed by atoms with E-state index in [1.165, 1.54) is 20.1 Å². The highest BCUT2D eigenvalue weighted by Gasteiger charge is 2.00. The zero-order valence-corrected chi connectivity index (χ0v) is 7.57. The fourth-order valence-electron chi connectivity index (χ4n) is 0.564. The van der Waals surface area contributed by atoms with Crippen LogP contribution in [0.1, 0.15) is 13.3 Å². The Labute approximate surface area is 75.9 Å². The summed E-state index contributed by atoms with van der Waals surface area (Å²) in [5.41, 5.74) is 0.230. The van der Waals surface area contributed by atoms with Gasteiger partial charge in [0.15, 0.2) is 0 Å². The van der Waals surface area contributed by atoms with Gasteiger partial charge in [0.05, 0.1) is 13.7 Å². The van der Waals surface area contributed by atoms with Crippen molar-refractivity contribution in [3.8, 4) is 0 Å². The highest BCUT2D eigenvalue weighted by molar-refractivity contribution is 5.85. The first-order valence-corrected chi connectivity index (χ1v) is 3.68. The molecule has 0 fully saturated rings. The Kier molecular flexibility index (Phi) is 5.34. The van der Waals surface area contributed by atoms with Crippen molar-refractivity contribution < 1.29 is 24.2 Å². The molecule has 5 nitrogen and oxygen atoms in total. The molecule has 0 amide bonds. The van der Waals surface area contributed by atoms with Crippen LogP contribution in [-0.2, 0) is 14.3 Å². The number of methoxy groups -OCH3 is 1. The van der Waals surface area contributed by atoms with Crippen LogP contribution in [0.25, 0.3) is 0 Å². The number of aliphatic carboxylic acids is 1. The van der Waals surface area contributed by atoms with Gasteiger partial charge in [-0.25, -0.2) is 9.59 Å². The molecule has 0 spiro atoms. The number of carboxylic acids is 1. The Morgan fingerprint density at radius 2 is 2.08 bits per heavy atom. The molecule has 0 saturated carbocycles. The van der Waals surface area contributed by atoms with E-state index in [4.69, 9.17) is 5.11 Å². The molecule has 0 aromatic rings. The van der Waals surface area contributed by atoms with E-state index in [9.17, 15) is 9.59 Å². The van der Waals surface area contributed by atoms with Crippen molar-refractivity contribution in [3.63, 3.8) is 0 Å². The summed E-state index contributed by atoms with van der Waals surface area (Å²) in [6.45, 7) is 1.60. The van der Waals surface area contributed by atoms with Crippen LogP contribution in [0.5, 0.6) is 0 Å². The number of hydrogen-bond donors (Lipinski definition) is 1. The van der Waals surface area contributed by atoms with Crippen LogP contribution < -0.4 is 0 Å². The van der Waals surface area contributed by atoms with Crippen molar-refractivity contribution in [1.29, 1.82) is 0 Å². The Morgan fingerprint density at radius 1 is 1.46 bits per heavy atom. The van der Waals surface area contributed by atoms with Gasteiger partial charge >= 0.3 is 12.1 Å². The van der Waals surface area contributed by atoms with Crippen LogP contribution in [0.15, 0.2) is 11.6 Å². The predicted octanol–water partition coefficient (Wildman–Crippen LogP) is 1.19. The summed E-state index contributed by atoms with van der Waals surface area (Å²) in [6.07, 6.45) is 1.08. The third-order valence-corrected chi connectivity index (χ3v) is 1.29. The van der Waals surface area contributed by atoms with E-state index in [2.05, 4.69) is 9.47 Å². The van der Waals surface area contributed by atoms with Crippen molar-refractivity contribution in [1.82, 2.24) is 0 Å². The molecule has 0 unspecified atom stereocenters. The second kappa shape index (κ2) is 6.05. The van der Waals surface area contributed by atoms with Gasteiger partial charge in [-0.2, -0.15) is 0 Å². The minimum atomic E-state index is -0.974. The largest absolute Gasteiger partial charge is 0.507 e. The van der Waals surface area contributed by atoms with Crippen molar-refractivity contribution in [2.75, 3.05) is 13.7 Å². The number of ether oxygens (including phenoxy) is 2. The van der Waals surface area contributed by atoms with Gasteiger partial charge < -0.3 is 14.6 Å². The van der Waals surface area contributed by atoms with Crippen molar-refractivity contribution in [2.45, 2.75) is 13.3 Å². The second-order valence-corrected chi connectivity index (χ2v) is 2.28. The molecule has 0 saturated heterocycles. The fourth-order valence-corrected chi connectivity index (χ4v) is 0.564. The SMILES string of the molecule is COC(=O)OCCC=C(C)C(=O)O. The first kappa shape index (κ1) is 11.5. The molecule has 13 heavy (non-hydrogen) atoms. The summed E-state index contributed by atoms with van der Waals surface area (Å²) >= 11 is 0. The maximum atomic E-state index is 10.4. The van der Waals surface area contributed by atoms with Gasteiger partial charge in [0.25, 0.3) is 0 Å². The Balaban J connectivity index is 3.61. The van der Waals surface area contributed by atoms with Crippen molar-refractivity contribution >= 4 is 12.1 Å². The summed E-state index contributed by atoms with van der Waals surface area (Å²) in [5, 5.41) is 8.44. The van der Waals surface area contributed by atoms with E-state index in [0.717, 1.165) is 0 Å². The summed E-state index contributed by atoms with van der Waals surface area (Å²) in [7, 11) is 1.21. The number of carbonyl (C=O) groups is 2. The average Bonchev–Trinajstić information content (AvgIpc) is 2.11. The molecular weight excluding hydrogens is 176 g/mol. The van der Waals surface area contributed by atoms with Crippen molar-refractivity contribution in [2.24, 2.45) is 0 Å². The van der Waals surface area contributed by atoms with Gasteiger partial charge in [-0.05, 0) is 6.92 Å². The predicted molar refractivity (Wildman–Crippen MR) is 44.4 cm³/mol. The van der Waals surface area contributed by atoms with Gasteiger partial charge in [-0.3, -0.25) is 0 Å². The van der Waals surface area contributed by atoms with Crippen molar-refractivity contribution in [3.05, 3.63) is 11.6 Å². The Bertz CT molecular complexity index is 219. The maximum Gasteiger partial charge on any atom is 0.507 e. The molecule has 0 aromatic carbocycles. The van der Waals surface area contributed by atoms with Gasteiger partial charge in [0.2, 0.25) is 0 Å². The number of rotatable bonds is 4. The van der Waals surface area contributed by atoms with Crippen LogP contribution in [0, 0.1) is 0 Å². The number of carboxylic acid groups (broad SMARTS) is 1. The van der Waals surface area contributed by atoms with Gasteiger partial charge in [-0.1, -0.05) is 6.08 Å². The zero-order chi connectivity index (χ0) is 10.3. The molecule has 5 heteroatoms. The molecule has 0 atom stereocenters. The number of carbonyl (C=O) groups excluding carboxylic acids is 1. The molecule has 74 valence electrons. The highest BCUT2D eigenvalue weighted by atomic mass is 16.7. The smallest absolute Gasteiger partial charge is 0.478 e. The lowest BCUT2D eigenvalue weighted by Gasteiger charge is -1.99. The van der Waals surface area contributed by atoms with E-state index in [-0.39, 0.29) is 12.2 Å². The summed E-state index contributed by atoms with van der Waals surface area (Å²) in [6, 6.07) is 0. The molecule has 1 N–H and O–H groups in total. The summed E-state index contributed by atoms with van der Waals surface area (Å²) in [4.78, 5) is 20.7. The lowest BCUT2D eigenvalue weighted by atomic mass is 10.2. The minimum absolute atomic E-state index is 0.122. The van der Waals surface area contributed by atoms with E-state index >= 15 is 0 Å². The molecule has 0 aliphatic rings. The van der Waals surface area contributed by atoms with Crippen LogP contribution >= 0.6 is 0 Å². The zero-order valence-electron chi connectivity index (χ0n) is 7.57. The van der Waals surface area contributed by atoms with Crippen LogP contribution in [-0.4, -0.2) is 30.9 Å². The molecule has 0 heterocycles. The molecule has 0 aromatic heterocycles. The minimum Gasteiger partial charge on any atom is -0.478 e. The van der Waals surface area contributed by atoms with Crippen LogP contribution in [0.2, 0.25) is 0 Å². The molecule has 0 bridgehead atoms. The average molecular weight is 188 g/mol. The Morgan fingerprint density at radius 3 is 2.54 bits per heavy atom. The lowest BCUT2D eigenvalue weighted by molar-refractivity contribution is -0.132. The molecule has 0 rings (SSSR count). The quantitative estimate of drug-likeness (QED) is 0.407. The van der Waals surface area contributed by atoms with E-state index in [0.29, 0.717) is 6.42 Å². The fraction of sp³-hybridized carbons (Fsp3) is 0.500. The summed E-state index contributed by atoms with van der Waals surface area (Å²) < 4.78 is 8.73. The van der Waals surface area contributed by atoms with Gasteiger partial charge in [0, 0.05) is 12.0 Å².